The fraction of sp³-hybridized carbons (Fsp3) is 0.211. The molecule has 26 heavy (non-hydrogen) atoms. The van der Waals surface area contributed by atoms with Crippen LogP contribution in [0.15, 0.2) is 48.5 Å². The van der Waals surface area contributed by atoms with E-state index in [1.54, 1.807) is 43.3 Å². The Hall–Kier alpha value is -2.86. The molecule has 2 N–H and O–H groups in total. The van der Waals surface area contributed by atoms with Crippen LogP contribution in [-0.4, -0.2) is 29.3 Å². The first kappa shape index (κ1) is 17.9. The summed E-state index contributed by atoms with van der Waals surface area (Å²) in [5.41, 5.74) is 0.778. The summed E-state index contributed by atoms with van der Waals surface area (Å²) in [4.78, 5) is 38.3. The SMILES string of the molecule is Cc1cccc(NC(=O)CN2C(=O)N[C@](C)(c3ccccc3Cl)C2=O)c1. The number of rotatable bonds is 4. The summed E-state index contributed by atoms with van der Waals surface area (Å²) in [5.74, 6) is -0.975. The van der Waals surface area contributed by atoms with Crippen LogP contribution < -0.4 is 10.6 Å². The highest BCUT2D eigenvalue weighted by atomic mass is 35.5. The van der Waals surface area contributed by atoms with Crippen molar-refractivity contribution in [3.63, 3.8) is 0 Å². The second-order valence-electron chi connectivity index (χ2n) is 6.34. The first-order chi connectivity index (χ1) is 12.3. The molecule has 0 unspecified atom stereocenters. The summed E-state index contributed by atoms with van der Waals surface area (Å²) in [6, 6.07) is 13.4. The average molecular weight is 372 g/mol. The van der Waals surface area contributed by atoms with Crippen LogP contribution in [0, 0.1) is 6.92 Å². The molecule has 3 rings (SSSR count). The van der Waals surface area contributed by atoms with Crippen LogP contribution in [0.4, 0.5) is 10.5 Å². The Bertz CT molecular complexity index is 899. The topological polar surface area (TPSA) is 78.5 Å². The maximum atomic E-state index is 12.8. The molecule has 0 aliphatic carbocycles. The van der Waals surface area contributed by atoms with E-state index >= 15 is 0 Å². The number of imide groups is 1. The Labute approximate surface area is 156 Å². The lowest BCUT2D eigenvalue weighted by Gasteiger charge is -2.23. The van der Waals surface area contributed by atoms with Crippen LogP contribution in [0.5, 0.6) is 0 Å². The molecule has 0 saturated carbocycles. The van der Waals surface area contributed by atoms with Gasteiger partial charge >= 0.3 is 6.03 Å². The van der Waals surface area contributed by atoms with Gasteiger partial charge in [0.2, 0.25) is 5.91 Å². The normalized spacial score (nSPS) is 19.4. The minimum Gasteiger partial charge on any atom is -0.325 e. The monoisotopic (exact) mass is 371 g/mol. The zero-order chi connectivity index (χ0) is 18.9. The number of carbonyl (C=O) groups excluding carboxylic acids is 3. The number of carbonyl (C=O) groups is 3. The number of nitrogens with one attached hydrogen (secondary N) is 2. The van der Waals surface area contributed by atoms with Crippen molar-refractivity contribution in [1.82, 2.24) is 10.2 Å². The van der Waals surface area contributed by atoms with E-state index in [1.807, 2.05) is 19.1 Å². The highest BCUT2D eigenvalue weighted by molar-refractivity contribution is 6.32. The zero-order valence-corrected chi connectivity index (χ0v) is 15.1. The fourth-order valence-corrected chi connectivity index (χ4v) is 3.28. The van der Waals surface area contributed by atoms with Gasteiger partial charge in [-0.15, -0.1) is 0 Å². The zero-order valence-electron chi connectivity index (χ0n) is 14.4. The van der Waals surface area contributed by atoms with Gasteiger partial charge in [0, 0.05) is 16.3 Å². The molecule has 134 valence electrons. The van der Waals surface area contributed by atoms with Crippen molar-refractivity contribution < 1.29 is 14.4 Å². The molecule has 2 aromatic carbocycles. The minimum atomic E-state index is -1.31. The van der Waals surface area contributed by atoms with Gasteiger partial charge < -0.3 is 10.6 Å². The molecular formula is C19H18ClN3O3. The molecule has 2 aromatic rings. The molecule has 1 heterocycles. The Morgan fingerprint density at radius 2 is 1.92 bits per heavy atom. The lowest BCUT2D eigenvalue weighted by Crippen LogP contribution is -2.42. The van der Waals surface area contributed by atoms with E-state index in [0.29, 0.717) is 16.3 Å². The molecule has 1 fully saturated rings. The predicted molar refractivity (Wildman–Crippen MR) is 98.9 cm³/mol. The van der Waals surface area contributed by atoms with Crippen LogP contribution in [0.25, 0.3) is 0 Å². The molecule has 0 bridgehead atoms. The number of nitrogens with zero attached hydrogens (tertiary/aromatic N) is 1. The van der Waals surface area contributed by atoms with Gasteiger partial charge in [0.1, 0.15) is 12.1 Å². The van der Waals surface area contributed by atoms with Gasteiger partial charge in [-0.05, 0) is 37.6 Å². The highest BCUT2D eigenvalue weighted by Crippen LogP contribution is 2.33. The number of hydrogen-bond donors (Lipinski definition) is 2. The maximum absolute atomic E-state index is 12.8. The Morgan fingerprint density at radius 1 is 1.19 bits per heavy atom. The van der Waals surface area contributed by atoms with Gasteiger partial charge in [-0.25, -0.2) is 4.79 Å². The van der Waals surface area contributed by atoms with Crippen LogP contribution in [-0.2, 0) is 15.1 Å². The van der Waals surface area contributed by atoms with Gasteiger partial charge in [-0.3, -0.25) is 14.5 Å². The standard InChI is InChI=1S/C19H18ClN3O3/c1-12-6-5-7-13(10-12)21-16(24)11-23-17(25)19(2,22-18(23)26)14-8-3-4-9-15(14)20/h3-10H,11H2,1-2H3,(H,21,24)(H,22,26)/t19-/m1/s1. The van der Waals surface area contributed by atoms with E-state index in [2.05, 4.69) is 10.6 Å². The van der Waals surface area contributed by atoms with E-state index in [4.69, 9.17) is 11.6 Å². The molecule has 1 saturated heterocycles. The summed E-state index contributed by atoms with van der Waals surface area (Å²) >= 11 is 6.18. The fourth-order valence-electron chi connectivity index (χ4n) is 2.96. The Morgan fingerprint density at radius 3 is 2.62 bits per heavy atom. The third-order valence-electron chi connectivity index (χ3n) is 4.29. The molecular weight excluding hydrogens is 354 g/mol. The number of amides is 4. The number of benzene rings is 2. The van der Waals surface area contributed by atoms with Crippen LogP contribution in [0.1, 0.15) is 18.1 Å². The van der Waals surface area contributed by atoms with Crippen molar-refractivity contribution in [2.24, 2.45) is 0 Å². The molecule has 0 radical (unpaired) electrons. The number of aryl methyl sites for hydroxylation is 1. The number of urea groups is 1. The Kier molecular flexibility index (Phi) is 4.70. The predicted octanol–water partition coefficient (Wildman–Crippen LogP) is 3.05. The number of hydrogen-bond acceptors (Lipinski definition) is 3. The highest BCUT2D eigenvalue weighted by Gasteiger charge is 2.50. The van der Waals surface area contributed by atoms with E-state index < -0.39 is 23.4 Å². The smallest absolute Gasteiger partial charge is 0.325 e. The second-order valence-corrected chi connectivity index (χ2v) is 6.75. The van der Waals surface area contributed by atoms with Gasteiger partial charge in [0.25, 0.3) is 5.91 Å². The lowest BCUT2D eigenvalue weighted by atomic mass is 9.92. The summed E-state index contributed by atoms with van der Waals surface area (Å²) in [6.07, 6.45) is 0. The first-order valence-corrected chi connectivity index (χ1v) is 8.45. The lowest BCUT2D eigenvalue weighted by molar-refractivity contribution is -0.133. The number of anilines is 1. The molecule has 0 aromatic heterocycles. The minimum absolute atomic E-state index is 0.370. The average Bonchev–Trinajstić information content (AvgIpc) is 2.79. The van der Waals surface area contributed by atoms with Gasteiger partial charge in [-0.1, -0.05) is 41.9 Å². The van der Waals surface area contributed by atoms with E-state index in [1.165, 1.54) is 0 Å². The third kappa shape index (κ3) is 3.28. The van der Waals surface area contributed by atoms with Crippen molar-refractivity contribution in [3.05, 3.63) is 64.7 Å². The molecule has 1 aliphatic heterocycles. The number of halogens is 1. The first-order valence-electron chi connectivity index (χ1n) is 8.07. The quantitative estimate of drug-likeness (QED) is 0.811. The van der Waals surface area contributed by atoms with Gasteiger partial charge in [0.15, 0.2) is 0 Å². The van der Waals surface area contributed by atoms with E-state index in [-0.39, 0.29) is 6.54 Å². The third-order valence-corrected chi connectivity index (χ3v) is 4.62. The summed E-state index contributed by atoms with van der Waals surface area (Å²) in [5, 5.41) is 5.70. The maximum Gasteiger partial charge on any atom is 0.325 e. The van der Waals surface area contributed by atoms with Gasteiger partial charge in [-0.2, -0.15) is 0 Å². The van der Waals surface area contributed by atoms with Crippen LogP contribution >= 0.6 is 11.6 Å². The summed E-state index contributed by atoms with van der Waals surface area (Å²) in [7, 11) is 0. The summed E-state index contributed by atoms with van der Waals surface area (Å²) < 4.78 is 0. The van der Waals surface area contributed by atoms with Crippen molar-refractivity contribution in [2.45, 2.75) is 19.4 Å². The molecule has 1 atom stereocenters. The Balaban J connectivity index is 1.77. The molecule has 0 spiro atoms. The van der Waals surface area contributed by atoms with E-state index in [9.17, 15) is 14.4 Å². The summed E-state index contributed by atoms with van der Waals surface area (Å²) in [6.45, 7) is 3.10. The molecule has 1 aliphatic rings. The van der Waals surface area contributed by atoms with Crippen molar-refractivity contribution in [1.29, 1.82) is 0 Å². The second kappa shape index (κ2) is 6.80. The van der Waals surface area contributed by atoms with E-state index in [0.717, 1.165) is 10.5 Å². The van der Waals surface area contributed by atoms with Crippen LogP contribution in [0.2, 0.25) is 5.02 Å². The van der Waals surface area contributed by atoms with Crippen molar-refractivity contribution in [2.75, 3.05) is 11.9 Å². The van der Waals surface area contributed by atoms with Crippen molar-refractivity contribution in [3.8, 4) is 0 Å². The molecule has 4 amide bonds. The van der Waals surface area contributed by atoms with Crippen LogP contribution in [0.3, 0.4) is 0 Å². The van der Waals surface area contributed by atoms with Gasteiger partial charge in [0.05, 0.1) is 0 Å². The molecule has 6 nitrogen and oxygen atoms in total. The molecule has 7 heteroatoms. The largest absolute Gasteiger partial charge is 0.325 e. The van der Waals surface area contributed by atoms with Crippen molar-refractivity contribution >= 4 is 35.1 Å².